The van der Waals surface area contributed by atoms with E-state index in [-0.39, 0.29) is 11.2 Å². The second-order valence-corrected chi connectivity index (χ2v) is 11.2. The number of aryl methyl sites for hydroxylation is 1. The van der Waals surface area contributed by atoms with Crippen molar-refractivity contribution < 1.29 is 14.3 Å². The van der Waals surface area contributed by atoms with Crippen LogP contribution in [0.4, 0.5) is 11.4 Å². The van der Waals surface area contributed by atoms with E-state index in [1.165, 1.54) is 4.90 Å². The van der Waals surface area contributed by atoms with Gasteiger partial charge in [-0.05, 0) is 55.9 Å². The molecule has 5 rings (SSSR count). The normalized spacial score (nSPS) is 21.0. The van der Waals surface area contributed by atoms with Gasteiger partial charge in [0.05, 0.1) is 23.5 Å². The topological polar surface area (TPSA) is 103 Å². The fraction of sp³-hybridized carbons (Fsp3) is 0.448. The Morgan fingerprint density at radius 2 is 2.05 bits per heavy atom. The van der Waals surface area contributed by atoms with Crippen molar-refractivity contribution in [2.45, 2.75) is 50.3 Å². The number of nitrogens with zero attached hydrogens (tertiary/aromatic N) is 4. The molecular formula is C29H33B3N6O3. The van der Waals surface area contributed by atoms with Gasteiger partial charge in [0.1, 0.15) is 11.9 Å². The van der Waals surface area contributed by atoms with Crippen LogP contribution in [0.2, 0.25) is 0 Å². The molecule has 1 atom stereocenters. The minimum absolute atomic E-state index is 0.0684. The summed E-state index contributed by atoms with van der Waals surface area (Å²) in [6, 6.07) is 5.03. The highest BCUT2D eigenvalue weighted by molar-refractivity contribution is 6.62. The monoisotopic (exact) mass is 546 g/mol. The number of carbonyl (C=O) groups excluding carboxylic acids is 2. The van der Waals surface area contributed by atoms with E-state index in [0.29, 0.717) is 30.8 Å². The minimum Gasteiger partial charge on any atom is -0.381 e. The van der Waals surface area contributed by atoms with Gasteiger partial charge in [-0.2, -0.15) is 0 Å². The van der Waals surface area contributed by atoms with E-state index in [1.54, 1.807) is 6.08 Å². The predicted octanol–water partition coefficient (Wildman–Crippen LogP) is 1.85. The summed E-state index contributed by atoms with van der Waals surface area (Å²) in [5, 5.41) is 7.64. The number of nitrogens with one attached hydrogen (secondary N) is 2. The van der Waals surface area contributed by atoms with E-state index in [0.717, 1.165) is 56.0 Å². The van der Waals surface area contributed by atoms with Crippen molar-refractivity contribution in [2.24, 2.45) is 5.41 Å². The Hall–Kier alpha value is -3.53. The molecule has 4 heterocycles. The Labute approximate surface area is 245 Å². The molecule has 1 aromatic carbocycles. The zero-order chi connectivity index (χ0) is 29.2. The van der Waals surface area contributed by atoms with E-state index in [9.17, 15) is 9.59 Å². The maximum absolute atomic E-state index is 13.8. The molecule has 0 aliphatic carbocycles. The summed E-state index contributed by atoms with van der Waals surface area (Å²) in [5.41, 5.74) is 3.63. The molecule has 2 saturated heterocycles. The number of rotatable bonds is 8. The van der Waals surface area contributed by atoms with Crippen LogP contribution in [-0.4, -0.2) is 88.1 Å². The van der Waals surface area contributed by atoms with E-state index in [1.807, 2.05) is 37.3 Å². The fourth-order valence-corrected chi connectivity index (χ4v) is 5.90. The first-order valence-electron chi connectivity index (χ1n) is 14.0. The number of hydrogen-bond acceptors (Lipinski definition) is 6. The Kier molecular flexibility index (Phi) is 8.31. The van der Waals surface area contributed by atoms with E-state index in [4.69, 9.17) is 28.3 Å². The molecule has 1 unspecified atom stereocenters. The van der Waals surface area contributed by atoms with Gasteiger partial charge in [-0.25, -0.2) is 4.98 Å². The second-order valence-electron chi connectivity index (χ2n) is 11.2. The number of H-pyrrole nitrogens is 1. The first kappa shape index (κ1) is 29.0. The molecule has 206 valence electrons. The smallest absolute Gasteiger partial charge is 0.291 e. The van der Waals surface area contributed by atoms with Crippen molar-refractivity contribution in [3.8, 4) is 0 Å². The first-order valence-corrected chi connectivity index (χ1v) is 14.0. The zero-order valence-corrected chi connectivity index (χ0v) is 23.4. The number of amides is 2. The summed E-state index contributed by atoms with van der Waals surface area (Å²) in [6.07, 6.45) is 10.7. The second kappa shape index (κ2) is 11.8. The van der Waals surface area contributed by atoms with Gasteiger partial charge in [0, 0.05) is 49.5 Å². The van der Waals surface area contributed by atoms with Crippen molar-refractivity contribution in [2.75, 3.05) is 36.1 Å². The summed E-state index contributed by atoms with van der Waals surface area (Å²) in [7, 11) is 18.4. The maximum atomic E-state index is 13.8. The van der Waals surface area contributed by atoms with Gasteiger partial charge >= 0.3 is 0 Å². The number of fused-ring (bicyclic) bond motifs is 1. The highest BCUT2D eigenvalue weighted by atomic mass is 16.5. The molecule has 0 bridgehead atoms. The summed E-state index contributed by atoms with van der Waals surface area (Å²) in [6.45, 7) is 9.08. The lowest BCUT2D eigenvalue weighted by molar-refractivity contribution is -0.120. The number of benzene rings is 1. The number of anilines is 2. The quantitative estimate of drug-likeness (QED) is 0.388. The molecule has 12 heteroatoms. The number of ether oxygens (including phenoxy) is 1. The highest BCUT2D eigenvalue weighted by Gasteiger charge is 2.44. The highest BCUT2D eigenvalue weighted by Crippen LogP contribution is 2.43. The van der Waals surface area contributed by atoms with Crippen LogP contribution in [0.5, 0.6) is 0 Å². The van der Waals surface area contributed by atoms with Crippen LogP contribution < -0.4 is 15.1 Å². The Balaban J connectivity index is 1.32. The number of aromatic amines is 1. The molecule has 2 amide bonds. The third-order valence-corrected chi connectivity index (χ3v) is 8.01. The average molecular weight is 546 g/mol. The predicted molar refractivity (Wildman–Crippen MR) is 161 cm³/mol. The van der Waals surface area contributed by atoms with Crippen LogP contribution in [0.1, 0.15) is 48.2 Å². The number of carbonyl (C=O) groups is 2. The molecule has 3 aliphatic rings. The molecule has 1 spiro atoms. The molecule has 6 radical (unpaired) electrons. The number of aromatic nitrogens is 3. The SMILES string of the molecule is [B]C([B])([B])N1C(=O)C(NC(=O)c2n[nH]c(CC(/C=C\C)=C/C=C)n2)CCc2ccc(N3CC4(CCOCC4)C3)cc21. The lowest BCUT2D eigenvalue weighted by atomic mass is 9.48. The van der Waals surface area contributed by atoms with Crippen LogP contribution in [-0.2, 0) is 22.4 Å². The first-order chi connectivity index (χ1) is 19.6. The molecule has 2 fully saturated rings. The van der Waals surface area contributed by atoms with Gasteiger partial charge < -0.3 is 19.9 Å². The molecule has 2 N–H and O–H groups in total. The van der Waals surface area contributed by atoms with Crippen LogP contribution in [0, 0.1) is 5.41 Å². The average Bonchev–Trinajstić information content (AvgIpc) is 3.33. The Bertz CT molecular complexity index is 1370. The lowest BCUT2D eigenvalue weighted by Gasteiger charge is -2.53. The van der Waals surface area contributed by atoms with Crippen molar-refractivity contribution in [1.82, 2.24) is 20.5 Å². The number of allylic oxidation sites excluding steroid dienone is 5. The Morgan fingerprint density at radius 1 is 1.29 bits per heavy atom. The zero-order valence-electron chi connectivity index (χ0n) is 23.4. The molecule has 2 aromatic rings. The lowest BCUT2D eigenvalue weighted by Crippen LogP contribution is -2.60. The largest absolute Gasteiger partial charge is 0.381 e. The summed E-state index contributed by atoms with van der Waals surface area (Å²) in [4.78, 5) is 34.7. The molecule has 0 saturated carbocycles. The van der Waals surface area contributed by atoms with E-state index >= 15 is 0 Å². The van der Waals surface area contributed by atoms with Gasteiger partial charge in [0.2, 0.25) is 11.7 Å². The van der Waals surface area contributed by atoms with Gasteiger partial charge in [-0.1, -0.05) is 42.2 Å². The third kappa shape index (κ3) is 6.22. The van der Waals surface area contributed by atoms with Gasteiger partial charge in [-0.3, -0.25) is 14.7 Å². The standard InChI is InChI=1S/C29H33B3N6O3/c1-3-5-19(6-4-2)15-24-34-25(36-35-24)26(39)33-22-10-8-20-7-9-21(16-23(20)38(27(22)40)29(30,31)32)37-17-28(18-37)11-13-41-14-12-28/h3-7,9,16,22H,1,8,10-15,17-18H2,2H3,(H,33,39)(H,34,35,36)/b6-4-,19-5+. The van der Waals surface area contributed by atoms with Crippen molar-refractivity contribution >= 4 is 46.7 Å². The molecule has 41 heavy (non-hydrogen) atoms. The molecule has 3 aliphatic heterocycles. The van der Waals surface area contributed by atoms with Crippen molar-refractivity contribution in [1.29, 1.82) is 0 Å². The molecule has 9 nitrogen and oxygen atoms in total. The summed E-state index contributed by atoms with van der Waals surface area (Å²) in [5.74, 6) is -0.641. The van der Waals surface area contributed by atoms with Crippen LogP contribution in [0.3, 0.4) is 0 Å². The molecular weight excluding hydrogens is 513 g/mol. The minimum atomic E-state index is -1.98. The van der Waals surface area contributed by atoms with Crippen LogP contribution in [0.25, 0.3) is 0 Å². The van der Waals surface area contributed by atoms with Crippen LogP contribution in [0.15, 0.2) is 54.7 Å². The van der Waals surface area contributed by atoms with Crippen molar-refractivity contribution in [3.05, 3.63) is 71.9 Å². The summed E-state index contributed by atoms with van der Waals surface area (Å²) < 4.78 is 5.54. The summed E-state index contributed by atoms with van der Waals surface area (Å²) >= 11 is 0. The van der Waals surface area contributed by atoms with E-state index in [2.05, 4.69) is 38.0 Å². The third-order valence-electron chi connectivity index (χ3n) is 8.01. The molecule has 1 aromatic heterocycles. The van der Waals surface area contributed by atoms with Crippen molar-refractivity contribution in [3.63, 3.8) is 0 Å². The van der Waals surface area contributed by atoms with E-state index < -0.39 is 23.1 Å². The van der Waals surface area contributed by atoms with Crippen LogP contribution >= 0.6 is 0 Å². The van der Waals surface area contributed by atoms with Gasteiger partial charge in [-0.15, -0.1) is 5.10 Å². The Morgan fingerprint density at radius 3 is 2.73 bits per heavy atom. The maximum Gasteiger partial charge on any atom is 0.291 e. The fourth-order valence-electron chi connectivity index (χ4n) is 5.90. The van der Waals surface area contributed by atoms with Gasteiger partial charge in [0.15, 0.2) is 0 Å². The number of hydrogen-bond donors (Lipinski definition) is 2. The van der Waals surface area contributed by atoms with Gasteiger partial charge in [0.25, 0.3) is 5.91 Å².